The Morgan fingerprint density at radius 2 is 2.00 bits per heavy atom. The molecule has 0 aliphatic rings. The van der Waals surface area contributed by atoms with Crippen LogP contribution in [0.25, 0.3) is 0 Å². The Labute approximate surface area is 96.4 Å². The summed E-state index contributed by atoms with van der Waals surface area (Å²) in [5, 5.41) is 0. The Morgan fingerprint density at radius 1 is 1.31 bits per heavy atom. The van der Waals surface area contributed by atoms with Gasteiger partial charge in [-0.3, -0.25) is 0 Å². The van der Waals surface area contributed by atoms with E-state index in [0.717, 1.165) is 5.82 Å². The van der Waals surface area contributed by atoms with Gasteiger partial charge in [-0.25, -0.2) is 10.8 Å². The standard InChI is InChI=1S/C11H20N4O/c1-7(2)6-16-10-5-9(15-12)13-11(14-10)8(3)4/h5,7-8H,6,12H2,1-4H3,(H,13,14,15). The second-order valence-electron chi connectivity index (χ2n) is 4.45. The predicted molar refractivity (Wildman–Crippen MR) is 64.3 cm³/mol. The van der Waals surface area contributed by atoms with Gasteiger partial charge in [0.2, 0.25) is 5.88 Å². The number of aromatic nitrogens is 2. The lowest BCUT2D eigenvalue weighted by atomic mass is 10.2. The number of hydrazine groups is 1. The van der Waals surface area contributed by atoms with Crippen molar-refractivity contribution in [2.45, 2.75) is 33.6 Å². The molecule has 5 heteroatoms. The summed E-state index contributed by atoms with van der Waals surface area (Å²) in [6, 6.07) is 1.70. The van der Waals surface area contributed by atoms with E-state index in [-0.39, 0.29) is 5.92 Å². The molecule has 0 aliphatic heterocycles. The molecule has 1 aromatic rings. The quantitative estimate of drug-likeness (QED) is 0.590. The highest BCUT2D eigenvalue weighted by molar-refractivity contribution is 5.37. The maximum atomic E-state index is 5.55. The van der Waals surface area contributed by atoms with Crippen LogP contribution < -0.4 is 16.0 Å². The van der Waals surface area contributed by atoms with Gasteiger partial charge in [-0.1, -0.05) is 27.7 Å². The average Bonchev–Trinajstić information content (AvgIpc) is 2.25. The molecule has 0 aromatic carbocycles. The predicted octanol–water partition coefficient (Wildman–Crippen LogP) is 1.92. The van der Waals surface area contributed by atoms with Crippen molar-refractivity contribution in [1.82, 2.24) is 9.97 Å². The summed E-state index contributed by atoms with van der Waals surface area (Å²) in [5.41, 5.74) is 2.52. The summed E-state index contributed by atoms with van der Waals surface area (Å²) in [5.74, 6) is 7.94. The normalized spacial score (nSPS) is 10.9. The van der Waals surface area contributed by atoms with Crippen molar-refractivity contribution in [2.24, 2.45) is 11.8 Å². The highest BCUT2D eigenvalue weighted by Gasteiger charge is 2.08. The third-order valence-corrected chi connectivity index (χ3v) is 1.95. The molecule has 0 aliphatic carbocycles. The number of ether oxygens (including phenoxy) is 1. The molecule has 0 saturated carbocycles. The monoisotopic (exact) mass is 224 g/mol. The minimum absolute atomic E-state index is 0.245. The van der Waals surface area contributed by atoms with Crippen LogP contribution in [0, 0.1) is 5.92 Å². The summed E-state index contributed by atoms with van der Waals surface area (Å²) in [4.78, 5) is 8.58. The van der Waals surface area contributed by atoms with E-state index in [1.54, 1.807) is 6.07 Å². The number of hydrogen-bond donors (Lipinski definition) is 2. The SMILES string of the molecule is CC(C)COc1cc(NN)nc(C(C)C)n1. The Balaban J connectivity index is 2.86. The first-order valence-electron chi connectivity index (χ1n) is 5.51. The highest BCUT2D eigenvalue weighted by atomic mass is 16.5. The number of nitrogens with two attached hydrogens (primary N) is 1. The van der Waals surface area contributed by atoms with E-state index in [4.69, 9.17) is 10.6 Å². The molecule has 0 spiro atoms. The molecule has 3 N–H and O–H groups in total. The summed E-state index contributed by atoms with van der Waals surface area (Å²) >= 11 is 0. The van der Waals surface area contributed by atoms with Crippen LogP contribution in [0.2, 0.25) is 0 Å². The first-order chi connectivity index (χ1) is 7.52. The van der Waals surface area contributed by atoms with Gasteiger partial charge in [0.1, 0.15) is 11.6 Å². The Hall–Kier alpha value is -1.36. The minimum atomic E-state index is 0.245. The zero-order valence-corrected chi connectivity index (χ0v) is 10.3. The lowest BCUT2D eigenvalue weighted by molar-refractivity contribution is 0.260. The van der Waals surface area contributed by atoms with E-state index in [0.29, 0.717) is 24.2 Å². The molecule has 0 bridgehead atoms. The smallest absolute Gasteiger partial charge is 0.218 e. The van der Waals surface area contributed by atoms with Crippen LogP contribution >= 0.6 is 0 Å². The molecule has 0 atom stereocenters. The maximum absolute atomic E-state index is 5.55. The number of nitrogens with one attached hydrogen (secondary N) is 1. The number of anilines is 1. The van der Waals surface area contributed by atoms with Crippen LogP contribution in [-0.2, 0) is 0 Å². The molecule has 0 amide bonds. The van der Waals surface area contributed by atoms with Crippen molar-refractivity contribution in [1.29, 1.82) is 0 Å². The van der Waals surface area contributed by atoms with E-state index in [1.165, 1.54) is 0 Å². The van der Waals surface area contributed by atoms with Crippen molar-refractivity contribution in [3.63, 3.8) is 0 Å². The first kappa shape index (κ1) is 12.7. The maximum Gasteiger partial charge on any atom is 0.218 e. The van der Waals surface area contributed by atoms with Gasteiger partial charge in [0.15, 0.2) is 0 Å². The van der Waals surface area contributed by atoms with Crippen molar-refractivity contribution in [3.05, 3.63) is 11.9 Å². The van der Waals surface area contributed by atoms with Gasteiger partial charge < -0.3 is 10.2 Å². The average molecular weight is 224 g/mol. The third-order valence-electron chi connectivity index (χ3n) is 1.95. The zero-order chi connectivity index (χ0) is 12.1. The minimum Gasteiger partial charge on any atom is -0.477 e. The number of hydrogen-bond acceptors (Lipinski definition) is 5. The molecular weight excluding hydrogens is 204 g/mol. The molecule has 1 rings (SSSR count). The van der Waals surface area contributed by atoms with E-state index in [9.17, 15) is 0 Å². The van der Waals surface area contributed by atoms with Gasteiger partial charge in [-0.05, 0) is 5.92 Å². The molecular formula is C11H20N4O. The van der Waals surface area contributed by atoms with Crippen LogP contribution in [0.5, 0.6) is 5.88 Å². The van der Waals surface area contributed by atoms with Crippen LogP contribution in [0.1, 0.15) is 39.4 Å². The Bertz CT molecular complexity index is 339. The van der Waals surface area contributed by atoms with Crippen LogP contribution in [0.4, 0.5) is 5.82 Å². The van der Waals surface area contributed by atoms with Crippen molar-refractivity contribution in [2.75, 3.05) is 12.0 Å². The molecule has 0 radical (unpaired) electrons. The largest absolute Gasteiger partial charge is 0.477 e. The Morgan fingerprint density at radius 3 is 2.50 bits per heavy atom. The van der Waals surface area contributed by atoms with E-state index in [2.05, 4.69) is 29.2 Å². The van der Waals surface area contributed by atoms with Crippen molar-refractivity contribution in [3.8, 4) is 5.88 Å². The van der Waals surface area contributed by atoms with Gasteiger partial charge in [0.05, 0.1) is 6.61 Å². The number of rotatable bonds is 5. The van der Waals surface area contributed by atoms with Gasteiger partial charge in [-0.15, -0.1) is 0 Å². The topological polar surface area (TPSA) is 73.1 Å². The van der Waals surface area contributed by atoms with E-state index in [1.807, 2.05) is 13.8 Å². The number of nitrogen functional groups attached to an aromatic ring is 1. The number of nitrogens with zero attached hydrogens (tertiary/aromatic N) is 2. The molecule has 5 nitrogen and oxygen atoms in total. The lowest BCUT2D eigenvalue weighted by Gasteiger charge is -2.11. The van der Waals surface area contributed by atoms with Gasteiger partial charge >= 0.3 is 0 Å². The van der Waals surface area contributed by atoms with Gasteiger partial charge in [0.25, 0.3) is 0 Å². The van der Waals surface area contributed by atoms with Crippen LogP contribution in [0.3, 0.4) is 0 Å². The third kappa shape index (κ3) is 3.66. The summed E-state index contributed by atoms with van der Waals surface area (Å²) in [6.45, 7) is 8.88. The van der Waals surface area contributed by atoms with E-state index >= 15 is 0 Å². The van der Waals surface area contributed by atoms with E-state index < -0.39 is 0 Å². The molecule has 90 valence electrons. The molecule has 16 heavy (non-hydrogen) atoms. The van der Waals surface area contributed by atoms with Crippen molar-refractivity contribution < 1.29 is 4.74 Å². The van der Waals surface area contributed by atoms with Gasteiger partial charge in [0, 0.05) is 12.0 Å². The second-order valence-corrected chi connectivity index (χ2v) is 4.45. The fourth-order valence-corrected chi connectivity index (χ4v) is 1.10. The second kappa shape index (κ2) is 5.65. The molecule has 0 saturated heterocycles. The lowest BCUT2D eigenvalue weighted by Crippen LogP contribution is -2.13. The molecule has 0 unspecified atom stereocenters. The highest BCUT2D eigenvalue weighted by Crippen LogP contribution is 2.18. The fraction of sp³-hybridized carbons (Fsp3) is 0.636. The van der Waals surface area contributed by atoms with Gasteiger partial charge in [-0.2, -0.15) is 4.98 Å². The molecule has 0 fully saturated rings. The summed E-state index contributed by atoms with van der Waals surface area (Å²) < 4.78 is 5.55. The first-order valence-corrected chi connectivity index (χ1v) is 5.51. The van der Waals surface area contributed by atoms with Crippen LogP contribution in [0.15, 0.2) is 6.07 Å². The van der Waals surface area contributed by atoms with Crippen LogP contribution in [-0.4, -0.2) is 16.6 Å². The summed E-state index contributed by atoms with van der Waals surface area (Å²) in [7, 11) is 0. The zero-order valence-electron chi connectivity index (χ0n) is 10.3. The molecule has 1 aromatic heterocycles. The Kier molecular flexibility index (Phi) is 4.49. The molecule has 1 heterocycles. The fourth-order valence-electron chi connectivity index (χ4n) is 1.10. The van der Waals surface area contributed by atoms with Crippen molar-refractivity contribution >= 4 is 5.82 Å². The summed E-state index contributed by atoms with van der Waals surface area (Å²) in [6.07, 6.45) is 0.